The molecule has 0 fully saturated rings. The zero-order valence-electron chi connectivity index (χ0n) is 13.7. The Morgan fingerprint density at radius 2 is 1.89 bits per heavy atom. The van der Waals surface area contributed by atoms with Crippen molar-refractivity contribution in [1.82, 2.24) is 5.32 Å². The Hall–Kier alpha value is -2.81. The summed E-state index contributed by atoms with van der Waals surface area (Å²) in [5.74, 6) is -1.00. The molecule has 9 heteroatoms. The van der Waals surface area contributed by atoms with E-state index in [1.807, 2.05) is 0 Å². The minimum atomic E-state index is -4.47. The molecular weight excluding hydrogens is 382 g/mol. The molecule has 2 aromatic carbocycles. The van der Waals surface area contributed by atoms with Gasteiger partial charge in [0.1, 0.15) is 17.5 Å². The van der Waals surface area contributed by atoms with Gasteiger partial charge < -0.3 is 11.1 Å². The van der Waals surface area contributed by atoms with E-state index in [2.05, 4.69) is 10.3 Å². The molecule has 1 aliphatic rings. The Balaban J connectivity index is 1.83. The van der Waals surface area contributed by atoms with Crippen LogP contribution in [0.4, 0.5) is 17.6 Å². The predicted octanol–water partition coefficient (Wildman–Crippen LogP) is 4.00. The molecular formula is C18H13F4N3OS. The topological polar surface area (TPSA) is 67.5 Å². The first-order valence-corrected chi connectivity index (χ1v) is 8.68. The zero-order valence-corrected chi connectivity index (χ0v) is 14.5. The molecule has 0 aliphatic carbocycles. The van der Waals surface area contributed by atoms with Gasteiger partial charge in [0.05, 0.1) is 21.8 Å². The van der Waals surface area contributed by atoms with Crippen LogP contribution in [0.25, 0.3) is 4.91 Å². The number of amidine groups is 1. The maximum Gasteiger partial charge on any atom is 0.416 e. The minimum absolute atomic E-state index is 0.0191. The van der Waals surface area contributed by atoms with Crippen LogP contribution in [0.15, 0.2) is 59.3 Å². The highest BCUT2D eigenvalue weighted by molar-refractivity contribution is 8.09. The number of hydrogen-bond donors (Lipinski definition) is 2. The van der Waals surface area contributed by atoms with Gasteiger partial charge in [0.2, 0.25) is 0 Å². The standard InChI is InChI=1S/C18H13F4N3OS/c19-13-7-2-1-6-12(13)17(26)25-14-9-27-15(16(23)24-14)10-4-3-5-11(8-10)18(20,21)22/h1-8H,9,23H2,(H,24,25,26). The van der Waals surface area contributed by atoms with Crippen LogP contribution in [0.1, 0.15) is 21.5 Å². The number of carbonyl (C=O) groups excluding carboxylic acids is 1. The molecule has 1 aliphatic heterocycles. The highest BCUT2D eigenvalue weighted by Gasteiger charge is 2.31. The molecule has 0 bridgehead atoms. The summed E-state index contributed by atoms with van der Waals surface area (Å²) in [4.78, 5) is 16.5. The minimum Gasteiger partial charge on any atom is -0.383 e. The number of halogens is 4. The van der Waals surface area contributed by atoms with Crippen LogP contribution in [0.5, 0.6) is 0 Å². The van der Waals surface area contributed by atoms with Crippen molar-refractivity contribution in [3.63, 3.8) is 0 Å². The molecule has 3 rings (SSSR count). The average molecular weight is 395 g/mol. The molecule has 0 unspecified atom stereocenters. The fourth-order valence-electron chi connectivity index (χ4n) is 2.42. The first-order valence-electron chi connectivity index (χ1n) is 7.69. The van der Waals surface area contributed by atoms with Crippen molar-refractivity contribution in [3.8, 4) is 0 Å². The number of thioether (sulfide) groups is 1. The maximum absolute atomic E-state index is 13.7. The molecule has 0 saturated carbocycles. The molecule has 4 nitrogen and oxygen atoms in total. The van der Waals surface area contributed by atoms with Gasteiger partial charge in [-0.25, -0.2) is 9.38 Å². The second-order valence-electron chi connectivity index (χ2n) is 5.57. The summed E-state index contributed by atoms with van der Waals surface area (Å²) >= 11 is 1.14. The molecule has 0 radical (unpaired) electrons. The molecule has 0 saturated heterocycles. The number of hydrogen-bond acceptors (Lipinski definition) is 4. The normalized spacial score (nSPS) is 14.7. The number of amides is 1. The number of nitrogens with two attached hydrogens (primary N) is 1. The second kappa shape index (κ2) is 7.43. The van der Waals surface area contributed by atoms with Crippen molar-refractivity contribution in [2.24, 2.45) is 10.7 Å². The fourth-order valence-corrected chi connectivity index (χ4v) is 3.32. The van der Waals surface area contributed by atoms with Crippen LogP contribution in [0, 0.1) is 5.82 Å². The number of nitrogens with one attached hydrogen (secondary N) is 1. The summed E-state index contributed by atoms with van der Waals surface area (Å²) in [7, 11) is 0. The van der Waals surface area contributed by atoms with E-state index in [1.165, 1.54) is 30.3 Å². The van der Waals surface area contributed by atoms with Gasteiger partial charge in [-0.15, -0.1) is 11.8 Å². The van der Waals surface area contributed by atoms with E-state index < -0.39 is 23.5 Å². The lowest BCUT2D eigenvalue weighted by molar-refractivity contribution is -0.137. The maximum atomic E-state index is 13.7. The van der Waals surface area contributed by atoms with Gasteiger partial charge in [0, 0.05) is 0 Å². The smallest absolute Gasteiger partial charge is 0.383 e. The Labute approximate surface area is 156 Å². The Kier molecular flexibility index (Phi) is 5.22. The molecule has 2 aromatic rings. The van der Waals surface area contributed by atoms with Gasteiger partial charge in [-0.2, -0.15) is 13.2 Å². The quantitative estimate of drug-likeness (QED) is 0.756. The van der Waals surface area contributed by atoms with Crippen molar-refractivity contribution >= 4 is 28.4 Å². The SMILES string of the molecule is NC1=C(c2cccc(C(F)(F)F)c2)SCC(NC(=O)c2ccccc2F)=N1. The van der Waals surface area contributed by atoms with Crippen molar-refractivity contribution in [2.75, 3.05) is 5.75 Å². The van der Waals surface area contributed by atoms with Crippen LogP contribution in [-0.4, -0.2) is 17.5 Å². The Bertz CT molecular complexity index is 954. The van der Waals surface area contributed by atoms with Gasteiger partial charge in [-0.3, -0.25) is 4.79 Å². The van der Waals surface area contributed by atoms with E-state index >= 15 is 0 Å². The molecule has 140 valence electrons. The third-order valence-corrected chi connectivity index (χ3v) is 4.82. The largest absolute Gasteiger partial charge is 0.416 e. The fraction of sp³-hybridized carbons (Fsp3) is 0.111. The summed E-state index contributed by atoms with van der Waals surface area (Å²) in [5.41, 5.74) is 5.23. The molecule has 27 heavy (non-hydrogen) atoms. The van der Waals surface area contributed by atoms with Crippen LogP contribution in [0.2, 0.25) is 0 Å². The van der Waals surface area contributed by atoms with Crippen LogP contribution < -0.4 is 11.1 Å². The van der Waals surface area contributed by atoms with Crippen molar-refractivity contribution in [1.29, 1.82) is 0 Å². The van der Waals surface area contributed by atoms with Crippen LogP contribution >= 0.6 is 11.8 Å². The van der Waals surface area contributed by atoms with E-state index in [0.717, 1.165) is 30.0 Å². The molecule has 0 spiro atoms. The van der Waals surface area contributed by atoms with E-state index in [9.17, 15) is 22.4 Å². The summed E-state index contributed by atoms with van der Waals surface area (Å²) in [6.45, 7) is 0. The number of alkyl halides is 3. The van der Waals surface area contributed by atoms with Crippen LogP contribution in [0.3, 0.4) is 0 Å². The highest BCUT2D eigenvalue weighted by Crippen LogP contribution is 2.36. The van der Waals surface area contributed by atoms with Gasteiger partial charge in [0.15, 0.2) is 0 Å². The summed E-state index contributed by atoms with van der Waals surface area (Å²) in [6.07, 6.45) is -4.47. The van der Waals surface area contributed by atoms with E-state index in [4.69, 9.17) is 5.73 Å². The number of carbonyl (C=O) groups is 1. The second-order valence-corrected chi connectivity index (χ2v) is 6.56. The molecule has 0 atom stereocenters. The van der Waals surface area contributed by atoms with Crippen molar-refractivity contribution in [3.05, 3.63) is 76.9 Å². The monoisotopic (exact) mass is 395 g/mol. The zero-order chi connectivity index (χ0) is 19.6. The van der Waals surface area contributed by atoms with E-state index in [-0.39, 0.29) is 28.5 Å². The van der Waals surface area contributed by atoms with Gasteiger partial charge >= 0.3 is 6.18 Å². The summed E-state index contributed by atoms with van der Waals surface area (Å²) in [6, 6.07) is 10.2. The summed E-state index contributed by atoms with van der Waals surface area (Å²) < 4.78 is 52.3. The van der Waals surface area contributed by atoms with Crippen molar-refractivity contribution in [2.45, 2.75) is 6.18 Å². The Morgan fingerprint density at radius 3 is 2.56 bits per heavy atom. The van der Waals surface area contributed by atoms with Crippen molar-refractivity contribution < 1.29 is 22.4 Å². The Morgan fingerprint density at radius 1 is 1.15 bits per heavy atom. The number of rotatable bonds is 2. The van der Waals surface area contributed by atoms with E-state index in [0.29, 0.717) is 4.91 Å². The number of nitrogens with zero attached hydrogens (tertiary/aromatic N) is 1. The van der Waals surface area contributed by atoms with Gasteiger partial charge in [0.25, 0.3) is 5.91 Å². The highest BCUT2D eigenvalue weighted by atomic mass is 32.2. The first kappa shape index (κ1) is 19.0. The predicted molar refractivity (Wildman–Crippen MR) is 96.3 cm³/mol. The first-order chi connectivity index (χ1) is 12.8. The molecule has 1 amide bonds. The molecule has 0 aromatic heterocycles. The van der Waals surface area contributed by atoms with Crippen LogP contribution in [-0.2, 0) is 6.18 Å². The third-order valence-electron chi connectivity index (χ3n) is 3.67. The third kappa shape index (κ3) is 4.30. The molecule has 3 N–H and O–H groups in total. The lowest BCUT2D eigenvalue weighted by atomic mass is 10.1. The lowest BCUT2D eigenvalue weighted by Crippen LogP contribution is -2.34. The van der Waals surface area contributed by atoms with E-state index in [1.54, 1.807) is 0 Å². The summed E-state index contributed by atoms with van der Waals surface area (Å²) in [5, 5.41) is 2.47. The molecule has 1 heterocycles. The number of benzene rings is 2. The van der Waals surface area contributed by atoms with Gasteiger partial charge in [-0.05, 0) is 29.8 Å². The number of aliphatic imine (C=N–C) groups is 1. The average Bonchev–Trinajstić information content (AvgIpc) is 2.61. The lowest BCUT2D eigenvalue weighted by Gasteiger charge is -2.18. The van der Waals surface area contributed by atoms with Gasteiger partial charge in [-0.1, -0.05) is 24.3 Å².